The van der Waals surface area contributed by atoms with Crippen molar-refractivity contribution in [1.29, 1.82) is 0 Å². The summed E-state index contributed by atoms with van der Waals surface area (Å²) in [6, 6.07) is 12.1. The first-order chi connectivity index (χ1) is 10.1. The molecule has 1 aliphatic heterocycles. The maximum absolute atomic E-state index is 12.2. The highest BCUT2D eigenvalue weighted by Crippen LogP contribution is 2.33. The Balaban J connectivity index is 1.68. The van der Waals surface area contributed by atoms with Gasteiger partial charge in [0.1, 0.15) is 5.82 Å². The van der Waals surface area contributed by atoms with Crippen LogP contribution in [0.5, 0.6) is 0 Å². The zero-order valence-corrected chi connectivity index (χ0v) is 12.3. The van der Waals surface area contributed by atoms with E-state index in [4.69, 9.17) is 0 Å². The van der Waals surface area contributed by atoms with Crippen LogP contribution in [0.1, 0.15) is 29.2 Å². The Bertz CT molecular complexity index is 661. The molecule has 2 N–H and O–H groups in total. The molecule has 1 amide bonds. The Morgan fingerprint density at radius 1 is 1.33 bits per heavy atom. The summed E-state index contributed by atoms with van der Waals surface area (Å²) in [6.45, 7) is 4.74. The fourth-order valence-corrected chi connectivity index (χ4v) is 2.86. The van der Waals surface area contributed by atoms with Crippen molar-refractivity contribution in [3.05, 3.63) is 53.2 Å². The van der Waals surface area contributed by atoms with Gasteiger partial charge in [-0.25, -0.2) is 4.98 Å². The van der Waals surface area contributed by atoms with Crippen molar-refractivity contribution < 1.29 is 4.79 Å². The number of para-hydroxylation sites is 1. The Morgan fingerprint density at radius 2 is 2.14 bits per heavy atom. The molecule has 1 unspecified atom stereocenters. The highest BCUT2D eigenvalue weighted by Gasteiger charge is 2.24. The Hall–Kier alpha value is -2.36. The van der Waals surface area contributed by atoms with Crippen molar-refractivity contribution >= 4 is 17.4 Å². The molecule has 0 bridgehead atoms. The third-order valence-corrected chi connectivity index (χ3v) is 3.74. The molecule has 1 aromatic heterocycles. The largest absolute Gasteiger partial charge is 0.384 e. The molecule has 3 rings (SSSR count). The Kier molecular flexibility index (Phi) is 3.60. The van der Waals surface area contributed by atoms with E-state index in [-0.39, 0.29) is 11.8 Å². The van der Waals surface area contributed by atoms with Gasteiger partial charge in [-0.1, -0.05) is 18.2 Å². The molecule has 1 aromatic carbocycles. The third kappa shape index (κ3) is 3.05. The van der Waals surface area contributed by atoms with Crippen LogP contribution in [0.3, 0.4) is 0 Å². The highest BCUT2D eigenvalue weighted by molar-refractivity contribution is 5.90. The lowest BCUT2D eigenvalue weighted by Crippen LogP contribution is -2.17. The minimum atomic E-state index is 0.0102. The highest BCUT2D eigenvalue weighted by atomic mass is 16.1. The number of anilines is 2. The van der Waals surface area contributed by atoms with E-state index in [1.807, 2.05) is 38.1 Å². The zero-order valence-electron chi connectivity index (χ0n) is 12.3. The first-order valence-electron chi connectivity index (χ1n) is 7.20. The number of aromatic nitrogens is 1. The molecule has 1 aliphatic rings. The number of benzene rings is 1. The second-order valence-electron chi connectivity index (χ2n) is 5.59. The number of aryl methyl sites for hydroxylation is 2. The normalized spacial score (nSPS) is 16.2. The molecule has 4 heteroatoms. The molecular formula is C17H19N3O. The standard InChI is InChI=1S/C17H19N3O/c1-11-7-12(2)19-16(8-11)20-17(21)9-13-10-18-15-6-4-3-5-14(13)15/h3-8,13,18H,9-10H2,1-2H3,(H,19,20,21). The van der Waals surface area contributed by atoms with E-state index in [0.717, 1.165) is 23.5 Å². The van der Waals surface area contributed by atoms with Gasteiger partial charge in [-0.05, 0) is 43.2 Å². The van der Waals surface area contributed by atoms with Crippen LogP contribution in [-0.2, 0) is 4.79 Å². The minimum Gasteiger partial charge on any atom is -0.384 e. The SMILES string of the molecule is Cc1cc(C)nc(NC(=O)CC2CNc3ccccc32)c1. The summed E-state index contributed by atoms with van der Waals surface area (Å²) in [5.41, 5.74) is 4.38. The van der Waals surface area contributed by atoms with E-state index in [1.54, 1.807) is 0 Å². The summed E-state index contributed by atoms with van der Waals surface area (Å²) >= 11 is 0. The molecule has 0 saturated heterocycles. The molecule has 0 saturated carbocycles. The van der Waals surface area contributed by atoms with Gasteiger partial charge in [-0.15, -0.1) is 0 Å². The van der Waals surface area contributed by atoms with E-state index in [1.165, 1.54) is 5.56 Å². The number of hydrogen-bond donors (Lipinski definition) is 2. The topological polar surface area (TPSA) is 54.0 Å². The molecule has 2 aromatic rings. The van der Waals surface area contributed by atoms with Gasteiger partial charge < -0.3 is 10.6 Å². The number of pyridine rings is 1. The van der Waals surface area contributed by atoms with Crippen LogP contribution < -0.4 is 10.6 Å². The van der Waals surface area contributed by atoms with Crippen LogP contribution in [0, 0.1) is 13.8 Å². The number of nitrogens with one attached hydrogen (secondary N) is 2. The molecule has 0 aliphatic carbocycles. The van der Waals surface area contributed by atoms with Gasteiger partial charge in [-0.3, -0.25) is 4.79 Å². The van der Waals surface area contributed by atoms with Crippen LogP contribution in [0.2, 0.25) is 0 Å². The summed E-state index contributed by atoms with van der Waals surface area (Å²) < 4.78 is 0. The average molecular weight is 281 g/mol. The van der Waals surface area contributed by atoms with Gasteiger partial charge in [-0.2, -0.15) is 0 Å². The Labute approximate surface area is 124 Å². The van der Waals surface area contributed by atoms with Gasteiger partial charge in [0.15, 0.2) is 0 Å². The summed E-state index contributed by atoms with van der Waals surface area (Å²) in [5.74, 6) is 0.875. The average Bonchev–Trinajstić information content (AvgIpc) is 2.81. The van der Waals surface area contributed by atoms with Gasteiger partial charge >= 0.3 is 0 Å². The fraction of sp³-hybridized carbons (Fsp3) is 0.294. The molecule has 0 radical (unpaired) electrons. The number of fused-ring (bicyclic) bond motifs is 1. The molecule has 0 fully saturated rings. The predicted octanol–water partition coefficient (Wildman–Crippen LogP) is 3.24. The van der Waals surface area contributed by atoms with Crippen molar-refractivity contribution in [3.8, 4) is 0 Å². The van der Waals surface area contributed by atoms with Crippen molar-refractivity contribution in [1.82, 2.24) is 4.98 Å². The van der Waals surface area contributed by atoms with E-state index in [9.17, 15) is 4.79 Å². The molecule has 0 spiro atoms. The maximum atomic E-state index is 12.2. The molecule has 1 atom stereocenters. The predicted molar refractivity (Wildman–Crippen MR) is 84.6 cm³/mol. The van der Waals surface area contributed by atoms with Crippen LogP contribution in [-0.4, -0.2) is 17.4 Å². The van der Waals surface area contributed by atoms with Crippen molar-refractivity contribution in [2.75, 3.05) is 17.2 Å². The lowest BCUT2D eigenvalue weighted by atomic mass is 9.97. The van der Waals surface area contributed by atoms with Crippen molar-refractivity contribution in [2.24, 2.45) is 0 Å². The van der Waals surface area contributed by atoms with Gasteiger partial charge in [0, 0.05) is 30.3 Å². The second kappa shape index (κ2) is 5.56. The number of nitrogens with zero attached hydrogens (tertiary/aromatic N) is 1. The van der Waals surface area contributed by atoms with Crippen LogP contribution in [0.15, 0.2) is 36.4 Å². The second-order valence-corrected chi connectivity index (χ2v) is 5.59. The van der Waals surface area contributed by atoms with Crippen LogP contribution in [0.4, 0.5) is 11.5 Å². The number of carbonyl (C=O) groups is 1. The smallest absolute Gasteiger partial charge is 0.226 e. The zero-order chi connectivity index (χ0) is 14.8. The van der Waals surface area contributed by atoms with Gasteiger partial charge in [0.2, 0.25) is 5.91 Å². The molecule has 21 heavy (non-hydrogen) atoms. The quantitative estimate of drug-likeness (QED) is 0.908. The molecule has 2 heterocycles. The lowest BCUT2D eigenvalue weighted by Gasteiger charge is -2.11. The monoisotopic (exact) mass is 281 g/mol. The van der Waals surface area contributed by atoms with Crippen LogP contribution >= 0.6 is 0 Å². The molecule has 108 valence electrons. The van der Waals surface area contributed by atoms with Gasteiger partial charge in [0.25, 0.3) is 0 Å². The molecule has 4 nitrogen and oxygen atoms in total. The number of carbonyl (C=O) groups excluding carboxylic acids is 1. The molecular weight excluding hydrogens is 262 g/mol. The van der Waals surface area contributed by atoms with E-state index < -0.39 is 0 Å². The summed E-state index contributed by atoms with van der Waals surface area (Å²) in [7, 11) is 0. The minimum absolute atomic E-state index is 0.0102. The number of hydrogen-bond acceptors (Lipinski definition) is 3. The summed E-state index contributed by atoms with van der Waals surface area (Å²) in [5, 5.41) is 6.25. The number of amides is 1. The van der Waals surface area contributed by atoms with E-state index in [0.29, 0.717) is 12.2 Å². The Morgan fingerprint density at radius 3 is 2.95 bits per heavy atom. The fourth-order valence-electron chi connectivity index (χ4n) is 2.86. The summed E-state index contributed by atoms with van der Waals surface area (Å²) in [4.78, 5) is 16.6. The van der Waals surface area contributed by atoms with Crippen molar-refractivity contribution in [2.45, 2.75) is 26.2 Å². The van der Waals surface area contributed by atoms with Crippen molar-refractivity contribution in [3.63, 3.8) is 0 Å². The van der Waals surface area contributed by atoms with E-state index in [2.05, 4.69) is 27.8 Å². The first-order valence-corrected chi connectivity index (χ1v) is 7.20. The third-order valence-electron chi connectivity index (χ3n) is 3.74. The summed E-state index contributed by atoms with van der Waals surface area (Å²) in [6.07, 6.45) is 0.471. The lowest BCUT2D eigenvalue weighted by molar-refractivity contribution is -0.116. The number of rotatable bonds is 3. The first kappa shape index (κ1) is 13.6. The van der Waals surface area contributed by atoms with Gasteiger partial charge in [0.05, 0.1) is 0 Å². The van der Waals surface area contributed by atoms with E-state index >= 15 is 0 Å². The van der Waals surface area contributed by atoms with Crippen LogP contribution in [0.25, 0.3) is 0 Å². The maximum Gasteiger partial charge on any atom is 0.226 e.